The lowest BCUT2D eigenvalue weighted by atomic mass is 10.2. The molecule has 0 unspecified atom stereocenters. The van der Waals surface area contributed by atoms with Crippen LogP contribution in [0.25, 0.3) is 0 Å². The molecule has 0 amide bonds. The summed E-state index contributed by atoms with van der Waals surface area (Å²) in [5.41, 5.74) is 1.42. The summed E-state index contributed by atoms with van der Waals surface area (Å²) in [6.07, 6.45) is 0. The number of nitrogens with one attached hydrogen (secondary N) is 1. The molecule has 2 aromatic rings. The van der Waals surface area contributed by atoms with Gasteiger partial charge >= 0.3 is 0 Å². The van der Waals surface area contributed by atoms with E-state index in [1.54, 1.807) is 12.1 Å². The number of hydrogen-bond acceptors (Lipinski definition) is 4. The van der Waals surface area contributed by atoms with E-state index in [1.807, 2.05) is 19.1 Å². The average Bonchev–Trinajstić information content (AvgIpc) is 2.81. The third-order valence-electron chi connectivity index (χ3n) is 2.49. The molecule has 0 aliphatic rings. The number of para-hydroxylation sites is 1. The van der Waals surface area contributed by atoms with E-state index in [0.29, 0.717) is 10.6 Å². The molecule has 0 atom stereocenters. The SMILES string of the molecule is Cc1ccccc1NS(=O)(=O)c1csc(CO)c1. The molecular weight excluding hydrogens is 270 g/mol. The van der Waals surface area contributed by atoms with Crippen molar-refractivity contribution < 1.29 is 13.5 Å². The van der Waals surface area contributed by atoms with Gasteiger partial charge in [0.05, 0.1) is 17.2 Å². The van der Waals surface area contributed by atoms with Gasteiger partial charge in [-0.1, -0.05) is 18.2 Å². The summed E-state index contributed by atoms with van der Waals surface area (Å²) in [5, 5.41) is 10.5. The maximum Gasteiger partial charge on any atom is 0.262 e. The third-order valence-corrected chi connectivity index (χ3v) is 4.90. The van der Waals surface area contributed by atoms with Crippen LogP contribution < -0.4 is 4.72 Å². The minimum absolute atomic E-state index is 0.148. The van der Waals surface area contributed by atoms with E-state index in [2.05, 4.69) is 4.72 Å². The first-order valence-corrected chi connectivity index (χ1v) is 7.66. The van der Waals surface area contributed by atoms with Crippen LogP contribution in [0.1, 0.15) is 10.4 Å². The molecule has 0 aliphatic heterocycles. The Labute approximate surface area is 110 Å². The predicted octanol–water partition coefficient (Wildman–Crippen LogP) is 2.35. The number of rotatable bonds is 4. The number of hydrogen-bond donors (Lipinski definition) is 2. The van der Waals surface area contributed by atoms with Gasteiger partial charge in [-0.3, -0.25) is 4.72 Å². The zero-order chi connectivity index (χ0) is 13.2. The van der Waals surface area contributed by atoms with E-state index in [9.17, 15) is 8.42 Å². The highest BCUT2D eigenvalue weighted by Crippen LogP contribution is 2.23. The Balaban J connectivity index is 2.30. The average molecular weight is 283 g/mol. The minimum Gasteiger partial charge on any atom is -0.391 e. The Morgan fingerprint density at radius 1 is 1.33 bits per heavy atom. The molecule has 0 spiro atoms. The number of aliphatic hydroxyl groups is 1. The summed E-state index contributed by atoms with van der Waals surface area (Å²) in [6, 6.07) is 8.65. The Hall–Kier alpha value is -1.37. The Kier molecular flexibility index (Phi) is 3.70. The molecule has 0 bridgehead atoms. The lowest BCUT2D eigenvalue weighted by Crippen LogP contribution is -2.12. The summed E-state index contributed by atoms with van der Waals surface area (Å²) in [7, 11) is -3.58. The van der Waals surface area contributed by atoms with E-state index in [4.69, 9.17) is 5.11 Å². The van der Waals surface area contributed by atoms with Gasteiger partial charge in [-0.25, -0.2) is 8.42 Å². The molecule has 0 fully saturated rings. The highest BCUT2D eigenvalue weighted by molar-refractivity contribution is 7.92. The van der Waals surface area contributed by atoms with Crippen molar-refractivity contribution in [3.8, 4) is 0 Å². The van der Waals surface area contributed by atoms with Crippen LogP contribution in [0.2, 0.25) is 0 Å². The molecule has 1 aromatic carbocycles. The van der Waals surface area contributed by atoms with E-state index in [-0.39, 0.29) is 11.5 Å². The Morgan fingerprint density at radius 3 is 2.67 bits per heavy atom. The van der Waals surface area contributed by atoms with Crippen molar-refractivity contribution in [3.63, 3.8) is 0 Å². The van der Waals surface area contributed by atoms with Gasteiger partial charge in [0.15, 0.2) is 0 Å². The molecule has 2 rings (SSSR count). The number of aryl methyl sites for hydroxylation is 1. The van der Waals surface area contributed by atoms with Gasteiger partial charge < -0.3 is 5.11 Å². The topological polar surface area (TPSA) is 66.4 Å². The number of thiophene rings is 1. The van der Waals surface area contributed by atoms with Crippen LogP contribution in [-0.2, 0) is 16.6 Å². The van der Waals surface area contributed by atoms with Gasteiger partial charge in [0, 0.05) is 10.3 Å². The van der Waals surface area contributed by atoms with E-state index >= 15 is 0 Å². The second-order valence-corrected chi connectivity index (χ2v) is 6.51. The lowest BCUT2D eigenvalue weighted by molar-refractivity contribution is 0.285. The standard InChI is InChI=1S/C12H13NO3S2/c1-9-4-2-3-5-12(9)13-18(15,16)11-6-10(7-14)17-8-11/h2-6,8,13-14H,7H2,1H3. The maximum absolute atomic E-state index is 12.1. The van der Waals surface area contributed by atoms with Gasteiger partial charge in [0.1, 0.15) is 0 Å². The van der Waals surface area contributed by atoms with Gasteiger partial charge in [-0.2, -0.15) is 0 Å². The lowest BCUT2D eigenvalue weighted by Gasteiger charge is -2.08. The van der Waals surface area contributed by atoms with Crippen molar-refractivity contribution in [3.05, 3.63) is 46.2 Å². The Bertz CT molecular complexity index is 647. The zero-order valence-electron chi connectivity index (χ0n) is 9.75. The highest BCUT2D eigenvalue weighted by atomic mass is 32.2. The smallest absolute Gasteiger partial charge is 0.262 e. The van der Waals surface area contributed by atoms with Crippen molar-refractivity contribution in [2.75, 3.05) is 4.72 Å². The summed E-state index contributed by atoms with van der Waals surface area (Å²) >= 11 is 1.22. The molecular formula is C12H13NO3S2. The van der Waals surface area contributed by atoms with Gasteiger partial charge in [0.25, 0.3) is 10.0 Å². The van der Waals surface area contributed by atoms with E-state index < -0.39 is 10.0 Å². The van der Waals surface area contributed by atoms with Crippen molar-refractivity contribution >= 4 is 27.0 Å². The molecule has 96 valence electrons. The largest absolute Gasteiger partial charge is 0.391 e. The van der Waals surface area contributed by atoms with Gasteiger partial charge in [0.2, 0.25) is 0 Å². The zero-order valence-corrected chi connectivity index (χ0v) is 11.4. The van der Waals surface area contributed by atoms with E-state index in [0.717, 1.165) is 5.56 Å². The fourth-order valence-corrected chi connectivity index (χ4v) is 3.74. The van der Waals surface area contributed by atoms with Gasteiger partial charge in [-0.05, 0) is 24.6 Å². The van der Waals surface area contributed by atoms with E-state index in [1.165, 1.54) is 22.8 Å². The Morgan fingerprint density at radius 2 is 2.06 bits per heavy atom. The summed E-state index contributed by atoms with van der Waals surface area (Å²) < 4.78 is 26.7. The molecule has 0 aliphatic carbocycles. The first-order chi connectivity index (χ1) is 8.53. The van der Waals surface area contributed by atoms with Crippen LogP contribution in [0.5, 0.6) is 0 Å². The summed E-state index contributed by atoms with van der Waals surface area (Å²) in [6.45, 7) is 1.69. The maximum atomic E-state index is 12.1. The van der Waals surface area contributed by atoms with Crippen LogP contribution in [-0.4, -0.2) is 13.5 Å². The molecule has 2 N–H and O–H groups in total. The first kappa shape index (κ1) is 13.1. The van der Waals surface area contributed by atoms with Crippen molar-refractivity contribution in [2.45, 2.75) is 18.4 Å². The fourth-order valence-electron chi connectivity index (χ4n) is 1.48. The monoisotopic (exact) mass is 283 g/mol. The summed E-state index contributed by atoms with van der Waals surface area (Å²) in [4.78, 5) is 0.806. The first-order valence-electron chi connectivity index (χ1n) is 5.29. The van der Waals surface area contributed by atoms with Crippen molar-refractivity contribution in [2.24, 2.45) is 0 Å². The van der Waals surface area contributed by atoms with Crippen LogP contribution in [0.15, 0.2) is 40.6 Å². The number of aliphatic hydroxyl groups excluding tert-OH is 1. The normalized spacial score (nSPS) is 11.4. The number of anilines is 1. The second-order valence-electron chi connectivity index (χ2n) is 3.83. The molecule has 0 radical (unpaired) electrons. The summed E-state index contributed by atoms with van der Waals surface area (Å²) in [5.74, 6) is 0. The molecule has 18 heavy (non-hydrogen) atoms. The van der Waals surface area contributed by atoms with Gasteiger partial charge in [-0.15, -0.1) is 11.3 Å². The van der Waals surface area contributed by atoms with Crippen LogP contribution in [0.3, 0.4) is 0 Å². The fraction of sp³-hybridized carbons (Fsp3) is 0.167. The van der Waals surface area contributed by atoms with Crippen LogP contribution in [0, 0.1) is 6.92 Å². The molecule has 1 aromatic heterocycles. The number of sulfonamides is 1. The molecule has 0 saturated carbocycles. The molecule has 1 heterocycles. The third kappa shape index (κ3) is 2.72. The van der Waals surface area contributed by atoms with Crippen LogP contribution in [0.4, 0.5) is 5.69 Å². The minimum atomic E-state index is -3.58. The number of benzene rings is 1. The second kappa shape index (κ2) is 5.09. The predicted molar refractivity (Wildman–Crippen MR) is 72.2 cm³/mol. The molecule has 4 nitrogen and oxygen atoms in total. The van der Waals surface area contributed by atoms with Crippen LogP contribution >= 0.6 is 11.3 Å². The van der Waals surface area contributed by atoms with Crippen molar-refractivity contribution in [1.82, 2.24) is 0 Å². The molecule has 6 heteroatoms. The highest BCUT2D eigenvalue weighted by Gasteiger charge is 2.16. The molecule has 0 saturated heterocycles. The quantitative estimate of drug-likeness (QED) is 0.905. The van der Waals surface area contributed by atoms with Crippen molar-refractivity contribution in [1.29, 1.82) is 0 Å².